The molecule has 30 heavy (non-hydrogen) atoms. The van der Waals surface area contributed by atoms with Gasteiger partial charge in [-0.3, -0.25) is 9.59 Å². The van der Waals surface area contributed by atoms with Crippen LogP contribution >= 0.6 is 11.8 Å². The molecular formula is C23H35N3O3S. The first kappa shape index (κ1) is 22.8. The second kappa shape index (κ2) is 9.94. The molecule has 0 spiro atoms. The number of piperazine rings is 1. The summed E-state index contributed by atoms with van der Waals surface area (Å²) in [7, 11) is 1.68. The maximum atomic E-state index is 13.4. The van der Waals surface area contributed by atoms with Gasteiger partial charge in [0, 0.05) is 37.8 Å². The Balaban J connectivity index is 1.68. The number of para-hydroxylation sites is 2. The molecule has 2 unspecified atom stereocenters. The summed E-state index contributed by atoms with van der Waals surface area (Å²) in [6.45, 7) is 11.0. The van der Waals surface area contributed by atoms with Crippen LogP contribution in [-0.2, 0) is 9.59 Å². The lowest BCUT2D eigenvalue weighted by Crippen LogP contribution is -2.56. The van der Waals surface area contributed by atoms with Crippen LogP contribution in [0.4, 0.5) is 5.69 Å². The van der Waals surface area contributed by atoms with Gasteiger partial charge in [-0.25, -0.2) is 0 Å². The Hall–Kier alpha value is -1.89. The number of thioether (sulfide) groups is 1. The van der Waals surface area contributed by atoms with Gasteiger partial charge in [-0.2, -0.15) is 0 Å². The fourth-order valence-corrected chi connectivity index (χ4v) is 5.84. The number of nitrogens with zero attached hydrogens (tertiary/aromatic N) is 3. The van der Waals surface area contributed by atoms with Crippen molar-refractivity contribution in [1.82, 2.24) is 9.80 Å². The van der Waals surface area contributed by atoms with Gasteiger partial charge in [0.05, 0.1) is 18.2 Å². The summed E-state index contributed by atoms with van der Waals surface area (Å²) < 4.78 is 5.49. The van der Waals surface area contributed by atoms with E-state index < -0.39 is 0 Å². The third-order valence-electron chi connectivity index (χ3n) is 5.82. The van der Waals surface area contributed by atoms with E-state index in [4.69, 9.17) is 4.74 Å². The first-order valence-corrected chi connectivity index (χ1v) is 12.0. The van der Waals surface area contributed by atoms with E-state index in [0.29, 0.717) is 24.8 Å². The normalized spacial score (nSPS) is 22.2. The molecule has 2 heterocycles. The van der Waals surface area contributed by atoms with Crippen LogP contribution < -0.4 is 9.64 Å². The van der Waals surface area contributed by atoms with E-state index in [2.05, 4.69) is 24.8 Å². The average molecular weight is 434 g/mol. The number of anilines is 1. The molecule has 7 heteroatoms. The predicted octanol–water partition coefficient (Wildman–Crippen LogP) is 3.32. The minimum absolute atomic E-state index is 0.0941. The van der Waals surface area contributed by atoms with Crippen LogP contribution in [0.1, 0.15) is 34.1 Å². The molecule has 2 aliphatic rings. The molecule has 0 bridgehead atoms. The number of rotatable bonds is 6. The molecule has 2 atom stereocenters. The second-order valence-corrected chi connectivity index (χ2v) is 10.0. The van der Waals surface area contributed by atoms with Gasteiger partial charge < -0.3 is 19.4 Å². The number of methoxy groups -OCH3 is 1. The van der Waals surface area contributed by atoms with Gasteiger partial charge in [-0.05, 0) is 24.5 Å². The topological polar surface area (TPSA) is 53.1 Å². The van der Waals surface area contributed by atoms with Crippen LogP contribution in [0.3, 0.4) is 0 Å². The van der Waals surface area contributed by atoms with Crippen molar-refractivity contribution in [2.75, 3.05) is 43.9 Å². The number of hydrogen-bond acceptors (Lipinski definition) is 5. The average Bonchev–Trinajstić information content (AvgIpc) is 3.15. The van der Waals surface area contributed by atoms with Crippen molar-refractivity contribution in [3.8, 4) is 5.75 Å². The van der Waals surface area contributed by atoms with E-state index >= 15 is 0 Å². The van der Waals surface area contributed by atoms with E-state index in [1.54, 1.807) is 18.9 Å². The third-order valence-corrected chi connectivity index (χ3v) is 7.13. The molecule has 2 fully saturated rings. The van der Waals surface area contributed by atoms with E-state index in [-0.39, 0.29) is 29.1 Å². The van der Waals surface area contributed by atoms with E-state index in [9.17, 15) is 9.59 Å². The molecule has 1 aromatic carbocycles. The zero-order valence-corrected chi connectivity index (χ0v) is 19.7. The number of carbonyl (C=O) groups excluding carboxylic acids is 2. The largest absolute Gasteiger partial charge is 0.495 e. The lowest BCUT2D eigenvalue weighted by Gasteiger charge is -2.39. The Morgan fingerprint density at radius 2 is 1.77 bits per heavy atom. The van der Waals surface area contributed by atoms with Gasteiger partial charge in [0.25, 0.3) is 0 Å². The van der Waals surface area contributed by atoms with Crippen LogP contribution in [0, 0.1) is 11.8 Å². The smallest absolute Gasteiger partial charge is 0.246 e. The van der Waals surface area contributed by atoms with Crippen molar-refractivity contribution in [1.29, 1.82) is 0 Å². The van der Waals surface area contributed by atoms with Crippen molar-refractivity contribution in [3.05, 3.63) is 24.3 Å². The maximum Gasteiger partial charge on any atom is 0.246 e. The quantitative estimate of drug-likeness (QED) is 0.689. The number of amides is 2. The molecule has 2 saturated heterocycles. The van der Waals surface area contributed by atoms with Crippen LogP contribution in [-0.4, -0.2) is 72.1 Å². The molecule has 166 valence electrons. The highest BCUT2D eigenvalue weighted by Gasteiger charge is 2.44. The molecule has 0 N–H and O–H groups in total. The lowest BCUT2D eigenvalue weighted by atomic mass is 10.1. The van der Waals surface area contributed by atoms with Crippen molar-refractivity contribution in [2.45, 2.75) is 45.5 Å². The summed E-state index contributed by atoms with van der Waals surface area (Å²) in [5.41, 5.74) is 1.07. The van der Waals surface area contributed by atoms with Gasteiger partial charge in [0.1, 0.15) is 11.8 Å². The monoisotopic (exact) mass is 433 g/mol. The Bertz CT molecular complexity index is 747. The van der Waals surface area contributed by atoms with Gasteiger partial charge in [-0.15, -0.1) is 11.8 Å². The summed E-state index contributed by atoms with van der Waals surface area (Å²) in [4.78, 5) is 32.5. The number of benzene rings is 1. The Morgan fingerprint density at radius 3 is 2.37 bits per heavy atom. The summed E-state index contributed by atoms with van der Waals surface area (Å²) in [6.07, 6.45) is 0.925. The number of carbonyl (C=O) groups is 2. The summed E-state index contributed by atoms with van der Waals surface area (Å²) in [6, 6.07) is 7.66. The van der Waals surface area contributed by atoms with Crippen molar-refractivity contribution in [2.24, 2.45) is 11.8 Å². The Kier molecular flexibility index (Phi) is 7.55. The highest BCUT2D eigenvalue weighted by atomic mass is 32.2. The van der Waals surface area contributed by atoms with E-state index in [1.165, 1.54) is 0 Å². The Morgan fingerprint density at radius 1 is 1.10 bits per heavy atom. The second-order valence-electron chi connectivity index (χ2n) is 8.82. The Labute approximate surface area is 184 Å². The molecule has 2 aliphatic heterocycles. The number of hydrogen-bond donors (Lipinski definition) is 0. The minimum Gasteiger partial charge on any atom is -0.495 e. The standard InChI is InChI=1S/C23H35N3O3S/c1-16(2)14-21-26(22(27)17(3)4)19(15-30-21)23(28)25-12-10-24(11-13-25)18-8-6-7-9-20(18)29-5/h6-9,16-17,19,21H,10-15H2,1-5H3. The molecule has 0 saturated carbocycles. The highest BCUT2D eigenvalue weighted by molar-refractivity contribution is 8.00. The van der Waals surface area contributed by atoms with Crippen molar-refractivity contribution >= 4 is 29.3 Å². The SMILES string of the molecule is COc1ccccc1N1CCN(C(=O)C2CSC(CC(C)C)N2C(=O)C(C)C)CC1. The van der Waals surface area contributed by atoms with Gasteiger partial charge in [-0.1, -0.05) is 39.8 Å². The first-order chi connectivity index (χ1) is 14.3. The van der Waals surface area contributed by atoms with Crippen LogP contribution in [0.2, 0.25) is 0 Å². The zero-order valence-electron chi connectivity index (χ0n) is 18.8. The lowest BCUT2D eigenvalue weighted by molar-refractivity contribution is -0.147. The van der Waals surface area contributed by atoms with Crippen molar-refractivity contribution in [3.63, 3.8) is 0 Å². The van der Waals surface area contributed by atoms with Crippen LogP contribution in [0.15, 0.2) is 24.3 Å². The first-order valence-electron chi connectivity index (χ1n) is 10.9. The van der Waals surface area contributed by atoms with E-state index in [0.717, 1.165) is 30.9 Å². The minimum atomic E-state index is -0.341. The highest BCUT2D eigenvalue weighted by Crippen LogP contribution is 2.36. The predicted molar refractivity (Wildman–Crippen MR) is 123 cm³/mol. The summed E-state index contributed by atoms with van der Waals surface area (Å²) in [5.74, 6) is 2.13. The molecule has 6 nitrogen and oxygen atoms in total. The molecule has 0 radical (unpaired) electrons. The number of ether oxygens (including phenoxy) is 1. The van der Waals surface area contributed by atoms with Gasteiger partial charge in [0.2, 0.25) is 11.8 Å². The van der Waals surface area contributed by atoms with Crippen LogP contribution in [0.25, 0.3) is 0 Å². The summed E-state index contributed by atoms with van der Waals surface area (Å²) in [5, 5.41) is 0.101. The van der Waals surface area contributed by atoms with Gasteiger partial charge >= 0.3 is 0 Å². The molecule has 2 amide bonds. The molecule has 3 rings (SSSR count). The molecule has 0 aromatic heterocycles. The molecule has 0 aliphatic carbocycles. The van der Waals surface area contributed by atoms with Gasteiger partial charge in [0.15, 0.2) is 0 Å². The van der Waals surface area contributed by atoms with Crippen LogP contribution in [0.5, 0.6) is 5.75 Å². The fraction of sp³-hybridized carbons (Fsp3) is 0.652. The fourth-order valence-electron chi connectivity index (χ4n) is 4.20. The maximum absolute atomic E-state index is 13.4. The zero-order chi connectivity index (χ0) is 21.8. The third kappa shape index (κ3) is 4.88. The summed E-state index contributed by atoms with van der Waals surface area (Å²) >= 11 is 1.76. The molecular weight excluding hydrogens is 398 g/mol. The van der Waals surface area contributed by atoms with E-state index in [1.807, 2.05) is 41.8 Å². The van der Waals surface area contributed by atoms with Crippen molar-refractivity contribution < 1.29 is 14.3 Å². The molecule has 1 aromatic rings.